The van der Waals surface area contributed by atoms with Crippen molar-refractivity contribution in [3.63, 3.8) is 0 Å². The van der Waals surface area contributed by atoms with Gasteiger partial charge in [-0.25, -0.2) is 4.98 Å². The van der Waals surface area contributed by atoms with Gasteiger partial charge in [0, 0.05) is 25.2 Å². The predicted octanol–water partition coefficient (Wildman–Crippen LogP) is 2.32. The van der Waals surface area contributed by atoms with Crippen LogP contribution in [0.15, 0.2) is 36.7 Å². The third-order valence-electron chi connectivity index (χ3n) is 5.59. The summed E-state index contributed by atoms with van der Waals surface area (Å²) in [7, 11) is 0. The van der Waals surface area contributed by atoms with Crippen molar-refractivity contribution in [2.24, 2.45) is 0 Å². The Kier molecular flexibility index (Phi) is 4.34. The number of aliphatic hydroxyl groups is 1. The highest BCUT2D eigenvalue weighted by Crippen LogP contribution is 2.32. The first-order chi connectivity index (χ1) is 12.2. The van der Waals surface area contributed by atoms with Crippen LogP contribution in [0, 0.1) is 0 Å². The SMILES string of the molecule is O=C(N1CCc2c(ncn2CCc2ccccc2)C1)C1(O)CCCC1. The molecular weight excluding hydrogens is 314 g/mol. The molecule has 0 radical (unpaired) electrons. The lowest BCUT2D eigenvalue weighted by atomic mass is 9.99. The highest BCUT2D eigenvalue weighted by Gasteiger charge is 2.42. The smallest absolute Gasteiger partial charge is 0.254 e. The molecule has 1 saturated carbocycles. The normalized spacial score (nSPS) is 19.0. The molecule has 0 spiro atoms. The van der Waals surface area contributed by atoms with Crippen LogP contribution in [0.25, 0.3) is 0 Å². The van der Waals surface area contributed by atoms with E-state index in [0.29, 0.717) is 25.9 Å². The number of imidazole rings is 1. The first-order valence-electron chi connectivity index (χ1n) is 9.24. The molecule has 1 amide bonds. The third kappa shape index (κ3) is 3.21. The van der Waals surface area contributed by atoms with Gasteiger partial charge < -0.3 is 14.6 Å². The van der Waals surface area contributed by atoms with Crippen molar-refractivity contribution < 1.29 is 9.90 Å². The third-order valence-corrected chi connectivity index (χ3v) is 5.59. The average Bonchev–Trinajstić information content (AvgIpc) is 3.27. The highest BCUT2D eigenvalue weighted by atomic mass is 16.3. The fourth-order valence-electron chi connectivity index (χ4n) is 4.10. The Balaban J connectivity index is 1.43. The van der Waals surface area contributed by atoms with Gasteiger partial charge in [0.25, 0.3) is 5.91 Å². The number of amides is 1. The molecule has 1 aromatic carbocycles. The van der Waals surface area contributed by atoms with Crippen molar-refractivity contribution in [1.29, 1.82) is 0 Å². The Labute approximate surface area is 148 Å². The van der Waals surface area contributed by atoms with Crippen molar-refractivity contribution in [2.45, 2.75) is 57.2 Å². The molecule has 1 aliphatic heterocycles. The van der Waals surface area contributed by atoms with Gasteiger partial charge >= 0.3 is 0 Å². The van der Waals surface area contributed by atoms with E-state index in [1.807, 2.05) is 12.4 Å². The predicted molar refractivity (Wildman–Crippen MR) is 94.9 cm³/mol. The van der Waals surface area contributed by atoms with Crippen molar-refractivity contribution >= 4 is 5.91 Å². The quantitative estimate of drug-likeness (QED) is 0.930. The van der Waals surface area contributed by atoms with Gasteiger partial charge in [0.1, 0.15) is 5.60 Å². The summed E-state index contributed by atoms with van der Waals surface area (Å²) in [4.78, 5) is 19.0. The molecule has 0 bridgehead atoms. The molecule has 1 fully saturated rings. The van der Waals surface area contributed by atoms with Crippen molar-refractivity contribution in [3.05, 3.63) is 53.6 Å². The number of aryl methyl sites for hydroxylation is 2. The summed E-state index contributed by atoms with van der Waals surface area (Å²) >= 11 is 0. The first-order valence-corrected chi connectivity index (χ1v) is 9.24. The van der Waals surface area contributed by atoms with Crippen LogP contribution in [0.4, 0.5) is 0 Å². The van der Waals surface area contributed by atoms with E-state index < -0.39 is 5.60 Å². The molecule has 1 aliphatic carbocycles. The molecule has 0 saturated heterocycles. The molecule has 0 atom stereocenters. The largest absolute Gasteiger partial charge is 0.380 e. The van der Waals surface area contributed by atoms with Gasteiger partial charge in [0.05, 0.1) is 18.6 Å². The monoisotopic (exact) mass is 339 g/mol. The Morgan fingerprint density at radius 2 is 1.96 bits per heavy atom. The van der Waals surface area contributed by atoms with Crippen molar-refractivity contribution in [3.8, 4) is 0 Å². The molecule has 4 rings (SSSR count). The van der Waals surface area contributed by atoms with E-state index in [2.05, 4.69) is 33.8 Å². The summed E-state index contributed by atoms with van der Waals surface area (Å²) in [6, 6.07) is 10.5. The van der Waals surface area contributed by atoms with Gasteiger partial charge in [0.15, 0.2) is 0 Å². The number of hydrogen-bond donors (Lipinski definition) is 1. The number of hydrogen-bond acceptors (Lipinski definition) is 3. The summed E-state index contributed by atoms with van der Waals surface area (Å²) in [5.41, 5.74) is 2.40. The molecule has 5 nitrogen and oxygen atoms in total. The van der Waals surface area contributed by atoms with Gasteiger partial charge in [-0.3, -0.25) is 4.79 Å². The minimum absolute atomic E-state index is 0.102. The molecule has 0 unspecified atom stereocenters. The minimum atomic E-state index is -1.13. The molecule has 2 aliphatic rings. The average molecular weight is 339 g/mol. The number of carbonyl (C=O) groups is 1. The molecule has 2 aromatic rings. The number of nitrogens with zero attached hydrogens (tertiary/aromatic N) is 3. The molecule has 5 heteroatoms. The maximum Gasteiger partial charge on any atom is 0.254 e. The zero-order valence-electron chi connectivity index (χ0n) is 14.5. The van der Waals surface area contributed by atoms with Crippen molar-refractivity contribution in [1.82, 2.24) is 14.5 Å². The summed E-state index contributed by atoms with van der Waals surface area (Å²) < 4.78 is 2.22. The zero-order chi connectivity index (χ0) is 17.3. The second-order valence-electron chi connectivity index (χ2n) is 7.28. The van der Waals surface area contributed by atoms with Crippen LogP contribution in [0.1, 0.15) is 42.6 Å². The summed E-state index contributed by atoms with van der Waals surface area (Å²) in [6.07, 6.45) is 6.76. The number of fused-ring (bicyclic) bond motifs is 1. The second-order valence-corrected chi connectivity index (χ2v) is 7.28. The maximum absolute atomic E-state index is 12.7. The van der Waals surface area contributed by atoms with Crippen LogP contribution in [0.3, 0.4) is 0 Å². The first kappa shape index (κ1) is 16.3. The summed E-state index contributed by atoms with van der Waals surface area (Å²) in [5, 5.41) is 10.6. The molecular formula is C20H25N3O2. The lowest BCUT2D eigenvalue weighted by Crippen LogP contribution is -2.49. The molecule has 25 heavy (non-hydrogen) atoms. The Morgan fingerprint density at radius 1 is 1.20 bits per heavy atom. The van der Waals surface area contributed by atoms with E-state index in [0.717, 1.165) is 37.9 Å². The van der Waals surface area contributed by atoms with Gasteiger partial charge in [-0.15, -0.1) is 0 Å². The zero-order valence-corrected chi connectivity index (χ0v) is 14.5. The highest BCUT2D eigenvalue weighted by molar-refractivity contribution is 5.85. The van der Waals surface area contributed by atoms with E-state index >= 15 is 0 Å². The van der Waals surface area contributed by atoms with Crippen LogP contribution < -0.4 is 0 Å². The lowest BCUT2D eigenvalue weighted by molar-refractivity contribution is -0.151. The van der Waals surface area contributed by atoms with Crippen LogP contribution in [-0.2, 0) is 30.7 Å². The summed E-state index contributed by atoms with van der Waals surface area (Å²) in [5.74, 6) is -0.102. The van der Waals surface area contributed by atoms with Crippen LogP contribution in [-0.4, -0.2) is 37.6 Å². The van der Waals surface area contributed by atoms with Gasteiger partial charge in [-0.1, -0.05) is 30.3 Å². The number of aromatic nitrogens is 2. The Hall–Kier alpha value is -2.14. The molecule has 1 aromatic heterocycles. The van der Waals surface area contributed by atoms with Gasteiger partial charge in [0.2, 0.25) is 0 Å². The minimum Gasteiger partial charge on any atom is -0.380 e. The molecule has 2 heterocycles. The van der Waals surface area contributed by atoms with Crippen molar-refractivity contribution in [2.75, 3.05) is 6.54 Å². The topological polar surface area (TPSA) is 58.4 Å². The number of carbonyl (C=O) groups excluding carboxylic acids is 1. The maximum atomic E-state index is 12.7. The van der Waals surface area contributed by atoms with Crippen LogP contribution >= 0.6 is 0 Å². The van der Waals surface area contributed by atoms with E-state index in [1.165, 1.54) is 11.3 Å². The lowest BCUT2D eigenvalue weighted by Gasteiger charge is -2.33. The fourth-order valence-corrected chi connectivity index (χ4v) is 4.10. The Morgan fingerprint density at radius 3 is 2.72 bits per heavy atom. The standard InChI is InChI=1S/C20H25N3O2/c24-19(20(25)10-4-5-11-20)22-13-9-18-17(14-22)21-15-23(18)12-8-16-6-2-1-3-7-16/h1-3,6-7,15,25H,4-5,8-14H2. The second kappa shape index (κ2) is 6.64. The van der Waals surface area contributed by atoms with E-state index in [4.69, 9.17) is 0 Å². The van der Waals surface area contributed by atoms with E-state index in [-0.39, 0.29) is 5.91 Å². The summed E-state index contributed by atoms with van der Waals surface area (Å²) in [6.45, 7) is 2.10. The molecule has 1 N–H and O–H groups in total. The van der Waals surface area contributed by atoms with Gasteiger partial charge in [-0.05, 0) is 37.7 Å². The number of benzene rings is 1. The molecule has 132 valence electrons. The fraction of sp³-hybridized carbons (Fsp3) is 0.500. The van der Waals surface area contributed by atoms with E-state index in [9.17, 15) is 9.90 Å². The Bertz CT molecular complexity index is 748. The van der Waals surface area contributed by atoms with Crippen LogP contribution in [0.5, 0.6) is 0 Å². The van der Waals surface area contributed by atoms with Crippen LogP contribution in [0.2, 0.25) is 0 Å². The van der Waals surface area contributed by atoms with Gasteiger partial charge in [-0.2, -0.15) is 0 Å². The van der Waals surface area contributed by atoms with E-state index in [1.54, 1.807) is 4.90 Å². The number of rotatable bonds is 4.